The summed E-state index contributed by atoms with van der Waals surface area (Å²) < 4.78 is 26.3. The first kappa shape index (κ1) is 17.6. The zero-order chi connectivity index (χ0) is 17.8. The number of hydrogen-bond donors (Lipinski definition) is 1. The van der Waals surface area contributed by atoms with Crippen LogP contribution < -0.4 is 5.32 Å². The molecule has 1 unspecified atom stereocenters. The van der Waals surface area contributed by atoms with Crippen LogP contribution in [0, 0.1) is 11.6 Å². The molecule has 2 aliphatic heterocycles. The predicted molar refractivity (Wildman–Crippen MR) is 90.2 cm³/mol. The second-order valence-electron chi connectivity index (χ2n) is 6.68. The number of amides is 3. The third-order valence-electron chi connectivity index (χ3n) is 4.96. The summed E-state index contributed by atoms with van der Waals surface area (Å²) in [4.78, 5) is 27.9. The number of nitrogens with one attached hydrogen (secondary N) is 1. The van der Waals surface area contributed by atoms with Crippen LogP contribution in [0.25, 0.3) is 0 Å². The number of urea groups is 1. The number of likely N-dealkylation sites (tertiary alicyclic amines) is 2. The van der Waals surface area contributed by atoms with E-state index in [9.17, 15) is 18.4 Å². The maximum atomic E-state index is 13.3. The molecule has 0 bridgehead atoms. The Morgan fingerprint density at radius 1 is 1.16 bits per heavy atom. The van der Waals surface area contributed by atoms with Crippen molar-refractivity contribution in [3.05, 3.63) is 29.8 Å². The fraction of sp³-hybridized carbons (Fsp3) is 0.556. The molecule has 1 atom stereocenters. The standard InChI is InChI=1S/C18H23F2N3O2/c19-15-7-6-13(12-16(15)20)21-18(25)23-10-2-1-4-14(23)8-11-22-9-3-5-17(22)24/h6-7,12,14H,1-5,8-11H2,(H,21,25). The van der Waals surface area contributed by atoms with Gasteiger partial charge in [-0.2, -0.15) is 0 Å². The Hall–Kier alpha value is -2.18. The van der Waals surface area contributed by atoms with Crippen molar-refractivity contribution in [3.8, 4) is 0 Å². The summed E-state index contributed by atoms with van der Waals surface area (Å²) in [5, 5.41) is 2.65. The normalized spacial score (nSPS) is 20.9. The van der Waals surface area contributed by atoms with E-state index < -0.39 is 11.6 Å². The summed E-state index contributed by atoms with van der Waals surface area (Å²) in [6, 6.07) is 3.08. The van der Waals surface area contributed by atoms with Crippen LogP contribution in [0.1, 0.15) is 38.5 Å². The van der Waals surface area contributed by atoms with Gasteiger partial charge in [-0.1, -0.05) is 0 Å². The van der Waals surface area contributed by atoms with Gasteiger partial charge < -0.3 is 15.1 Å². The van der Waals surface area contributed by atoms with Crippen molar-refractivity contribution in [1.29, 1.82) is 0 Å². The Bertz CT molecular complexity index is 653. The first-order valence-electron chi connectivity index (χ1n) is 8.85. The molecule has 136 valence electrons. The number of anilines is 1. The third-order valence-corrected chi connectivity index (χ3v) is 4.96. The monoisotopic (exact) mass is 351 g/mol. The van der Waals surface area contributed by atoms with Gasteiger partial charge in [-0.15, -0.1) is 0 Å². The minimum Gasteiger partial charge on any atom is -0.343 e. The lowest BCUT2D eigenvalue weighted by Crippen LogP contribution is -2.47. The van der Waals surface area contributed by atoms with Gasteiger partial charge in [0.05, 0.1) is 0 Å². The summed E-state index contributed by atoms with van der Waals surface area (Å²) >= 11 is 0. The van der Waals surface area contributed by atoms with Gasteiger partial charge in [0.2, 0.25) is 5.91 Å². The topological polar surface area (TPSA) is 52.7 Å². The van der Waals surface area contributed by atoms with Gasteiger partial charge in [-0.25, -0.2) is 13.6 Å². The number of hydrogen-bond acceptors (Lipinski definition) is 2. The van der Waals surface area contributed by atoms with Crippen LogP contribution in [0.4, 0.5) is 19.3 Å². The highest BCUT2D eigenvalue weighted by atomic mass is 19.2. The molecule has 5 nitrogen and oxygen atoms in total. The molecule has 0 radical (unpaired) electrons. The summed E-state index contributed by atoms with van der Waals surface area (Å²) in [5.41, 5.74) is 0.239. The van der Waals surface area contributed by atoms with Gasteiger partial charge in [0.25, 0.3) is 0 Å². The Labute approximate surface area is 146 Å². The van der Waals surface area contributed by atoms with Crippen molar-refractivity contribution in [1.82, 2.24) is 9.80 Å². The molecule has 1 aromatic carbocycles. The molecule has 3 amide bonds. The van der Waals surface area contributed by atoms with Crippen LogP contribution in [0.3, 0.4) is 0 Å². The molecule has 25 heavy (non-hydrogen) atoms. The fourth-order valence-corrected chi connectivity index (χ4v) is 3.58. The van der Waals surface area contributed by atoms with Gasteiger partial charge in [-0.3, -0.25) is 4.79 Å². The van der Waals surface area contributed by atoms with Crippen LogP contribution in [0.15, 0.2) is 18.2 Å². The summed E-state index contributed by atoms with van der Waals surface area (Å²) in [5.74, 6) is -1.74. The van der Waals surface area contributed by atoms with Gasteiger partial charge in [0.1, 0.15) is 0 Å². The molecule has 0 aromatic heterocycles. The third kappa shape index (κ3) is 4.27. The zero-order valence-corrected chi connectivity index (χ0v) is 14.1. The summed E-state index contributed by atoms with van der Waals surface area (Å²) in [6.45, 7) is 2.10. The SMILES string of the molecule is O=C1CCCN1CCC1CCCCN1C(=O)Nc1ccc(F)c(F)c1. The Balaban J connectivity index is 1.60. The highest BCUT2D eigenvalue weighted by Crippen LogP contribution is 2.23. The van der Waals surface area contributed by atoms with Gasteiger partial charge >= 0.3 is 6.03 Å². The number of halogens is 2. The van der Waals surface area contributed by atoms with E-state index >= 15 is 0 Å². The molecule has 7 heteroatoms. The van der Waals surface area contributed by atoms with Crippen LogP contribution >= 0.6 is 0 Å². The molecule has 1 aromatic rings. The molecule has 2 heterocycles. The van der Waals surface area contributed by atoms with Crippen molar-refractivity contribution >= 4 is 17.6 Å². The lowest BCUT2D eigenvalue weighted by atomic mass is 9.99. The van der Waals surface area contributed by atoms with Crippen molar-refractivity contribution in [3.63, 3.8) is 0 Å². The van der Waals surface area contributed by atoms with Gasteiger partial charge in [0.15, 0.2) is 11.6 Å². The number of carbonyl (C=O) groups excluding carboxylic acids is 2. The Kier molecular flexibility index (Phi) is 5.50. The minimum atomic E-state index is -0.986. The fourth-order valence-electron chi connectivity index (χ4n) is 3.58. The Morgan fingerprint density at radius 3 is 2.72 bits per heavy atom. The quantitative estimate of drug-likeness (QED) is 0.904. The van der Waals surface area contributed by atoms with E-state index in [0.29, 0.717) is 19.5 Å². The van der Waals surface area contributed by atoms with Gasteiger partial charge in [-0.05, 0) is 44.2 Å². The second kappa shape index (κ2) is 7.80. The smallest absolute Gasteiger partial charge is 0.322 e. The van der Waals surface area contributed by atoms with Crippen molar-refractivity contribution in [2.75, 3.05) is 25.0 Å². The lowest BCUT2D eigenvalue weighted by molar-refractivity contribution is -0.127. The summed E-state index contributed by atoms with van der Waals surface area (Å²) in [7, 11) is 0. The number of benzene rings is 1. The second-order valence-corrected chi connectivity index (χ2v) is 6.68. The molecule has 0 spiro atoms. The molecule has 2 aliphatic rings. The highest BCUT2D eigenvalue weighted by Gasteiger charge is 2.28. The van der Waals surface area contributed by atoms with E-state index in [1.54, 1.807) is 4.90 Å². The van der Waals surface area contributed by atoms with Crippen molar-refractivity contribution in [2.45, 2.75) is 44.6 Å². The number of carbonyl (C=O) groups is 2. The molecule has 0 saturated carbocycles. The summed E-state index contributed by atoms with van der Waals surface area (Å²) in [6.07, 6.45) is 5.14. The van der Waals surface area contributed by atoms with E-state index in [0.717, 1.165) is 50.8 Å². The van der Waals surface area contributed by atoms with E-state index in [1.807, 2.05) is 4.90 Å². The number of piperidine rings is 1. The number of nitrogens with zero attached hydrogens (tertiary/aromatic N) is 2. The highest BCUT2D eigenvalue weighted by molar-refractivity contribution is 5.89. The maximum absolute atomic E-state index is 13.3. The predicted octanol–water partition coefficient (Wildman–Crippen LogP) is 3.36. The van der Waals surface area contributed by atoms with Crippen LogP contribution in [0.2, 0.25) is 0 Å². The first-order chi connectivity index (χ1) is 12.0. The minimum absolute atomic E-state index is 0.0624. The van der Waals surface area contributed by atoms with Gasteiger partial charge in [0, 0.05) is 43.9 Å². The van der Waals surface area contributed by atoms with Crippen LogP contribution in [0.5, 0.6) is 0 Å². The average Bonchev–Trinajstić information content (AvgIpc) is 3.01. The maximum Gasteiger partial charge on any atom is 0.322 e. The average molecular weight is 351 g/mol. The lowest BCUT2D eigenvalue weighted by Gasteiger charge is -2.36. The molecule has 2 saturated heterocycles. The van der Waals surface area contributed by atoms with Crippen LogP contribution in [-0.2, 0) is 4.79 Å². The largest absolute Gasteiger partial charge is 0.343 e. The molecular weight excluding hydrogens is 328 g/mol. The molecule has 3 rings (SSSR count). The number of rotatable bonds is 4. The van der Waals surface area contributed by atoms with E-state index in [2.05, 4.69) is 5.32 Å². The van der Waals surface area contributed by atoms with Crippen molar-refractivity contribution in [2.24, 2.45) is 0 Å². The van der Waals surface area contributed by atoms with Crippen LogP contribution in [-0.4, -0.2) is 47.4 Å². The first-order valence-corrected chi connectivity index (χ1v) is 8.85. The molecular formula is C18H23F2N3O2. The molecule has 1 N–H and O–H groups in total. The van der Waals surface area contributed by atoms with E-state index in [-0.39, 0.29) is 23.7 Å². The van der Waals surface area contributed by atoms with Crippen molar-refractivity contribution < 1.29 is 18.4 Å². The molecule has 0 aliphatic carbocycles. The Morgan fingerprint density at radius 2 is 2.00 bits per heavy atom. The zero-order valence-electron chi connectivity index (χ0n) is 14.1. The van der Waals surface area contributed by atoms with E-state index in [1.165, 1.54) is 6.07 Å². The molecule has 2 fully saturated rings. The van der Waals surface area contributed by atoms with E-state index in [4.69, 9.17) is 0 Å².